The van der Waals surface area contributed by atoms with Gasteiger partial charge in [0.25, 0.3) is 0 Å². The van der Waals surface area contributed by atoms with Gasteiger partial charge in [0.15, 0.2) is 9.84 Å². The lowest BCUT2D eigenvalue weighted by Crippen LogP contribution is -2.24. The summed E-state index contributed by atoms with van der Waals surface area (Å²) in [6.45, 7) is 3.24. The number of halogens is 3. The highest BCUT2D eigenvalue weighted by Crippen LogP contribution is 2.28. The number of carbonyl (C=O) groups is 1. The Hall–Kier alpha value is -1.90. The number of hydrogen-bond acceptors (Lipinski definition) is 4. The molecule has 5 nitrogen and oxygen atoms in total. The van der Waals surface area contributed by atoms with Gasteiger partial charge in [-0.1, -0.05) is 6.08 Å². The summed E-state index contributed by atoms with van der Waals surface area (Å²) < 4.78 is 59.5. The fraction of sp³-hybridized carbons (Fsp3) is 0.273. The molecule has 1 N–H and O–H groups in total. The van der Waals surface area contributed by atoms with Gasteiger partial charge >= 0.3 is 6.18 Å². The number of anilines is 1. The lowest BCUT2D eigenvalue weighted by Gasteiger charge is -2.07. The molecule has 0 saturated carbocycles. The van der Waals surface area contributed by atoms with Gasteiger partial charge in [-0.05, 0) is 12.1 Å². The monoisotopic (exact) mass is 308 g/mol. The molecule has 1 heterocycles. The maximum Gasteiger partial charge on any atom is 0.417 e. The molecule has 9 heteroatoms. The summed E-state index contributed by atoms with van der Waals surface area (Å²) in [5, 5.41) is 2.10. The molecular weight excluding hydrogens is 297 g/mol. The van der Waals surface area contributed by atoms with Crippen molar-refractivity contribution in [3.63, 3.8) is 0 Å². The van der Waals surface area contributed by atoms with Gasteiger partial charge in [-0.3, -0.25) is 4.79 Å². The van der Waals surface area contributed by atoms with Gasteiger partial charge in [-0.15, -0.1) is 6.58 Å². The highest BCUT2D eigenvalue weighted by atomic mass is 32.2. The minimum Gasteiger partial charge on any atom is -0.310 e. The third-order valence-corrected chi connectivity index (χ3v) is 3.53. The lowest BCUT2D eigenvalue weighted by atomic mass is 10.3. The number of nitrogens with one attached hydrogen (secondary N) is 1. The quantitative estimate of drug-likeness (QED) is 0.839. The largest absolute Gasteiger partial charge is 0.417 e. The van der Waals surface area contributed by atoms with E-state index in [1.807, 2.05) is 0 Å². The third kappa shape index (κ3) is 5.00. The Kier molecular flexibility index (Phi) is 4.88. The van der Waals surface area contributed by atoms with Crippen molar-refractivity contribution >= 4 is 21.6 Å². The zero-order chi connectivity index (χ0) is 15.4. The summed E-state index contributed by atoms with van der Waals surface area (Å²) in [6.07, 6.45) is -2.84. The van der Waals surface area contributed by atoms with Gasteiger partial charge in [0, 0.05) is 6.20 Å². The normalized spacial score (nSPS) is 11.9. The first-order chi connectivity index (χ1) is 9.14. The SMILES string of the molecule is C=CCS(=O)(=O)CC(=O)Nc1ccc(C(F)(F)F)cn1. The minimum atomic E-state index is -4.52. The van der Waals surface area contributed by atoms with Crippen molar-refractivity contribution in [1.29, 1.82) is 0 Å². The summed E-state index contributed by atoms with van der Waals surface area (Å²) >= 11 is 0. The predicted octanol–water partition coefficient (Wildman–Crippen LogP) is 1.64. The molecular formula is C11H11F3N2O3S. The molecule has 20 heavy (non-hydrogen) atoms. The molecule has 1 amide bonds. The van der Waals surface area contributed by atoms with Crippen LogP contribution >= 0.6 is 0 Å². The zero-order valence-electron chi connectivity index (χ0n) is 10.1. The Bertz CT molecular complexity index is 594. The van der Waals surface area contributed by atoms with Crippen LogP contribution in [0.15, 0.2) is 31.0 Å². The van der Waals surface area contributed by atoms with Gasteiger partial charge in [0.05, 0.1) is 11.3 Å². The number of sulfone groups is 1. The van der Waals surface area contributed by atoms with E-state index in [1.54, 1.807) is 0 Å². The van der Waals surface area contributed by atoms with Crippen molar-refractivity contribution in [2.75, 3.05) is 16.8 Å². The third-order valence-electron chi connectivity index (χ3n) is 2.08. The van der Waals surface area contributed by atoms with Crippen LogP contribution in [0.5, 0.6) is 0 Å². The van der Waals surface area contributed by atoms with Crippen molar-refractivity contribution in [2.24, 2.45) is 0 Å². The van der Waals surface area contributed by atoms with E-state index in [0.29, 0.717) is 6.20 Å². The van der Waals surface area contributed by atoms with Crippen LogP contribution < -0.4 is 5.32 Å². The number of rotatable bonds is 5. The molecule has 1 aromatic heterocycles. The number of pyridine rings is 1. The standard InChI is InChI=1S/C11H11F3N2O3S/c1-2-5-20(18,19)7-10(17)16-9-4-3-8(6-15-9)11(12,13)14/h2-4,6H,1,5,7H2,(H,15,16,17). The zero-order valence-corrected chi connectivity index (χ0v) is 11.0. The fourth-order valence-electron chi connectivity index (χ4n) is 1.25. The molecule has 0 aliphatic heterocycles. The van der Waals surface area contributed by atoms with Crippen LogP contribution in [-0.2, 0) is 20.8 Å². The van der Waals surface area contributed by atoms with Crippen LogP contribution in [-0.4, -0.2) is 30.8 Å². The van der Waals surface area contributed by atoms with Crippen LogP contribution in [0.2, 0.25) is 0 Å². The Labute approximate surface area is 113 Å². The highest BCUT2D eigenvalue weighted by molar-refractivity contribution is 7.92. The van der Waals surface area contributed by atoms with Gasteiger partial charge < -0.3 is 5.32 Å². The van der Waals surface area contributed by atoms with E-state index in [2.05, 4.69) is 16.9 Å². The molecule has 0 aromatic carbocycles. The summed E-state index contributed by atoms with van der Waals surface area (Å²) in [5.41, 5.74) is -0.963. The number of aromatic nitrogens is 1. The van der Waals surface area contributed by atoms with Crippen LogP contribution in [0.4, 0.5) is 19.0 Å². The first-order valence-corrected chi connectivity index (χ1v) is 7.10. The molecule has 0 aliphatic carbocycles. The van der Waals surface area contributed by atoms with Crippen LogP contribution in [0.1, 0.15) is 5.56 Å². The van der Waals surface area contributed by atoms with Crippen LogP contribution in [0.25, 0.3) is 0 Å². The van der Waals surface area contributed by atoms with Crippen molar-refractivity contribution in [1.82, 2.24) is 4.98 Å². The minimum absolute atomic E-state index is 0.156. The molecule has 0 atom stereocenters. The van der Waals surface area contributed by atoms with Crippen LogP contribution in [0.3, 0.4) is 0 Å². The average Bonchev–Trinajstić information content (AvgIpc) is 2.27. The Morgan fingerprint density at radius 2 is 2.05 bits per heavy atom. The van der Waals surface area contributed by atoms with E-state index in [-0.39, 0.29) is 11.6 Å². The number of nitrogens with zero attached hydrogens (tertiary/aromatic N) is 1. The van der Waals surface area contributed by atoms with Crippen molar-refractivity contribution in [2.45, 2.75) is 6.18 Å². The average molecular weight is 308 g/mol. The highest BCUT2D eigenvalue weighted by Gasteiger charge is 2.30. The van der Waals surface area contributed by atoms with Crippen molar-refractivity contribution in [3.8, 4) is 0 Å². The van der Waals surface area contributed by atoms with Gasteiger partial charge in [-0.2, -0.15) is 13.2 Å². The van der Waals surface area contributed by atoms with Gasteiger partial charge in [-0.25, -0.2) is 13.4 Å². The van der Waals surface area contributed by atoms with E-state index in [1.165, 1.54) is 0 Å². The smallest absolute Gasteiger partial charge is 0.310 e. The molecule has 1 aromatic rings. The molecule has 0 radical (unpaired) electrons. The molecule has 1 rings (SSSR count). The van der Waals surface area contributed by atoms with Crippen molar-refractivity contribution < 1.29 is 26.4 Å². The maximum atomic E-state index is 12.3. The predicted molar refractivity (Wildman–Crippen MR) is 66.7 cm³/mol. The lowest BCUT2D eigenvalue weighted by molar-refractivity contribution is -0.137. The van der Waals surface area contributed by atoms with Gasteiger partial charge in [0.2, 0.25) is 5.91 Å². The second-order valence-electron chi connectivity index (χ2n) is 3.82. The second-order valence-corrected chi connectivity index (χ2v) is 5.93. The number of alkyl halides is 3. The second kappa shape index (κ2) is 6.04. The van der Waals surface area contributed by atoms with E-state index in [9.17, 15) is 26.4 Å². The summed E-state index contributed by atoms with van der Waals surface area (Å²) in [5.74, 6) is -2.18. The van der Waals surface area contributed by atoms with E-state index in [4.69, 9.17) is 0 Å². The molecule has 0 aliphatic rings. The Morgan fingerprint density at radius 3 is 2.50 bits per heavy atom. The molecule has 0 unspecified atom stereocenters. The summed E-state index contributed by atoms with van der Waals surface area (Å²) in [6, 6.07) is 1.68. The van der Waals surface area contributed by atoms with E-state index < -0.39 is 33.2 Å². The number of hydrogen-bond donors (Lipinski definition) is 1. The summed E-state index contributed by atoms with van der Waals surface area (Å²) in [7, 11) is -3.62. The maximum absolute atomic E-state index is 12.3. The fourth-order valence-corrected chi connectivity index (χ4v) is 2.20. The summed E-state index contributed by atoms with van der Waals surface area (Å²) in [4.78, 5) is 14.8. The topological polar surface area (TPSA) is 76.1 Å². The first-order valence-electron chi connectivity index (χ1n) is 5.28. The molecule has 0 saturated heterocycles. The van der Waals surface area contributed by atoms with Crippen molar-refractivity contribution in [3.05, 3.63) is 36.5 Å². The molecule has 0 fully saturated rings. The van der Waals surface area contributed by atoms with Gasteiger partial charge in [0.1, 0.15) is 11.6 Å². The van der Waals surface area contributed by atoms with E-state index in [0.717, 1.165) is 18.2 Å². The molecule has 110 valence electrons. The van der Waals surface area contributed by atoms with Crippen LogP contribution in [0, 0.1) is 0 Å². The molecule has 0 spiro atoms. The Morgan fingerprint density at radius 1 is 1.40 bits per heavy atom. The van der Waals surface area contributed by atoms with E-state index >= 15 is 0 Å². The molecule has 0 bridgehead atoms. The number of carbonyl (C=O) groups excluding carboxylic acids is 1. The number of amides is 1. The Balaban J connectivity index is 2.70. The first kappa shape index (κ1) is 16.2.